The fraction of sp³-hybridized carbons (Fsp3) is 0.500. The molecule has 0 bridgehead atoms. The average molecular weight is 327 g/mol. The van der Waals surface area contributed by atoms with Crippen LogP contribution in [0.4, 0.5) is 13.6 Å². The lowest BCUT2D eigenvalue weighted by molar-refractivity contribution is -0.155. The van der Waals surface area contributed by atoms with Crippen molar-refractivity contribution in [2.45, 2.75) is 50.9 Å². The van der Waals surface area contributed by atoms with Crippen molar-refractivity contribution < 1.29 is 27.8 Å². The van der Waals surface area contributed by atoms with Crippen LogP contribution in [0.5, 0.6) is 0 Å². The maximum absolute atomic E-state index is 13.5. The van der Waals surface area contributed by atoms with Crippen LogP contribution in [0, 0.1) is 0 Å². The van der Waals surface area contributed by atoms with Crippen LogP contribution in [0.2, 0.25) is 0 Å². The minimum absolute atomic E-state index is 0.00376. The highest BCUT2D eigenvalue weighted by atomic mass is 19.3. The lowest BCUT2D eigenvalue weighted by atomic mass is 9.89. The Balaban J connectivity index is 1.90. The molecule has 0 heterocycles. The first-order valence-electron chi connectivity index (χ1n) is 7.38. The number of alkyl halides is 2. The fourth-order valence-corrected chi connectivity index (χ4v) is 2.52. The van der Waals surface area contributed by atoms with E-state index in [0.29, 0.717) is 0 Å². The van der Waals surface area contributed by atoms with Gasteiger partial charge in [0.1, 0.15) is 12.7 Å². The van der Waals surface area contributed by atoms with E-state index in [2.05, 4.69) is 5.32 Å². The van der Waals surface area contributed by atoms with Gasteiger partial charge in [-0.15, -0.1) is 0 Å². The van der Waals surface area contributed by atoms with Crippen molar-refractivity contribution in [3.05, 3.63) is 35.9 Å². The van der Waals surface area contributed by atoms with E-state index in [4.69, 9.17) is 9.47 Å². The maximum atomic E-state index is 13.5. The quantitative estimate of drug-likeness (QED) is 0.863. The van der Waals surface area contributed by atoms with Gasteiger partial charge in [-0.25, -0.2) is 13.6 Å². The van der Waals surface area contributed by atoms with E-state index in [0.717, 1.165) is 5.56 Å². The normalized spacial score (nSPS) is 22.9. The highest BCUT2D eigenvalue weighted by molar-refractivity contribution is 5.68. The molecule has 126 valence electrons. The Labute approximate surface area is 133 Å². The number of alkyl carbamates (subject to hydrolysis) is 1. The number of ether oxygens (including phenoxy) is 2. The summed E-state index contributed by atoms with van der Waals surface area (Å²) in [5.41, 5.74) is 0.785. The lowest BCUT2D eigenvalue weighted by Gasteiger charge is -2.35. The predicted molar refractivity (Wildman–Crippen MR) is 77.9 cm³/mol. The Hall–Kier alpha value is -2.18. The molecule has 2 rings (SSSR count). The maximum Gasteiger partial charge on any atom is 0.407 e. The van der Waals surface area contributed by atoms with Crippen molar-refractivity contribution in [3.63, 3.8) is 0 Å². The predicted octanol–water partition coefficient (Wildman–Crippen LogP) is 3.03. The van der Waals surface area contributed by atoms with Crippen LogP contribution in [0.1, 0.15) is 31.7 Å². The molecule has 1 saturated carbocycles. The zero-order chi connectivity index (χ0) is 16.9. The molecular weight excluding hydrogens is 308 g/mol. The number of amides is 1. The van der Waals surface area contributed by atoms with Gasteiger partial charge in [-0.1, -0.05) is 30.3 Å². The lowest BCUT2D eigenvalue weighted by Crippen LogP contribution is -2.51. The molecule has 1 aromatic carbocycles. The Bertz CT molecular complexity index is 550. The molecular formula is C16H19F2NO4. The van der Waals surface area contributed by atoms with Gasteiger partial charge in [-0.3, -0.25) is 4.79 Å². The van der Waals surface area contributed by atoms with Crippen LogP contribution >= 0.6 is 0 Å². The molecule has 2 atom stereocenters. The molecule has 0 aromatic heterocycles. The summed E-state index contributed by atoms with van der Waals surface area (Å²) in [7, 11) is 0. The monoisotopic (exact) mass is 327 g/mol. The van der Waals surface area contributed by atoms with Crippen molar-refractivity contribution in [3.8, 4) is 0 Å². The van der Waals surface area contributed by atoms with Gasteiger partial charge < -0.3 is 14.8 Å². The summed E-state index contributed by atoms with van der Waals surface area (Å²) in [4.78, 5) is 22.9. The molecule has 1 aliphatic rings. The minimum atomic E-state index is -2.89. The molecule has 1 N–H and O–H groups in total. The summed E-state index contributed by atoms with van der Waals surface area (Å²) >= 11 is 0. The number of halogens is 2. The van der Waals surface area contributed by atoms with E-state index >= 15 is 0 Å². The molecule has 23 heavy (non-hydrogen) atoms. The molecule has 7 heteroatoms. The van der Waals surface area contributed by atoms with Gasteiger partial charge in [0.2, 0.25) is 5.92 Å². The Morgan fingerprint density at radius 2 is 2.00 bits per heavy atom. The second kappa shape index (κ2) is 7.39. The van der Waals surface area contributed by atoms with Gasteiger partial charge in [0.25, 0.3) is 0 Å². The van der Waals surface area contributed by atoms with Crippen LogP contribution in [0.3, 0.4) is 0 Å². The van der Waals surface area contributed by atoms with E-state index in [1.807, 2.05) is 6.07 Å². The zero-order valence-corrected chi connectivity index (χ0v) is 12.8. The van der Waals surface area contributed by atoms with Crippen LogP contribution in [0.25, 0.3) is 0 Å². The molecule has 1 amide bonds. The number of hydrogen-bond donors (Lipinski definition) is 1. The zero-order valence-electron chi connectivity index (χ0n) is 12.8. The third-order valence-electron chi connectivity index (χ3n) is 3.60. The molecule has 1 fully saturated rings. The van der Waals surface area contributed by atoms with Crippen molar-refractivity contribution >= 4 is 12.1 Å². The van der Waals surface area contributed by atoms with Gasteiger partial charge in [-0.2, -0.15) is 0 Å². The van der Waals surface area contributed by atoms with E-state index in [-0.39, 0.29) is 19.4 Å². The largest absolute Gasteiger partial charge is 0.460 e. The van der Waals surface area contributed by atoms with Gasteiger partial charge in [0.15, 0.2) is 0 Å². The summed E-state index contributed by atoms with van der Waals surface area (Å²) in [6, 6.07) is 8.03. The number of rotatable bonds is 4. The molecule has 0 unspecified atom stereocenters. The Morgan fingerprint density at radius 1 is 1.30 bits per heavy atom. The van der Waals surface area contributed by atoms with Crippen molar-refractivity contribution in [1.29, 1.82) is 0 Å². The third-order valence-corrected chi connectivity index (χ3v) is 3.60. The minimum Gasteiger partial charge on any atom is -0.460 e. The Morgan fingerprint density at radius 3 is 2.65 bits per heavy atom. The summed E-state index contributed by atoms with van der Waals surface area (Å²) in [5, 5.41) is 2.38. The van der Waals surface area contributed by atoms with Crippen LogP contribution in [0.15, 0.2) is 30.3 Å². The van der Waals surface area contributed by atoms with E-state index in [1.165, 1.54) is 6.92 Å². The standard InChI is InChI=1S/C16H19F2NO4/c1-11(20)23-14-7-8-16(17,18)9-13(14)19-15(21)22-10-12-5-3-2-4-6-12/h2-6,13-14H,7-10H2,1H3,(H,19,21)/t13-,14-/m0/s1. The van der Waals surface area contributed by atoms with Crippen LogP contribution < -0.4 is 5.32 Å². The summed E-state index contributed by atoms with van der Waals surface area (Å²) in [6.07, 6.45) is -2.53. The number of carbonyl (C=O) groups excluding carboxylic acids is 2. The first kappa shape index (κ1) is 17.2. The second-order valence-corrected chi connectivity index (χ2v) is 5.56. The molecule has 0 spiro atoms. The summed E-state index contributed by atoms with van der Waals surface area (Å²) in [5.74, 6) is -3.46. The highest BCUT2D eigenvalue weighted by Gasteiger charge is 2.43. The van der Waals surface area contributed by atoms with E-state index in [9.17, 15) is 18.4 Å². The second-order valence-electron chi connectivity index (χ2n) is 5.56. The van der Waals surface area contributed by atoms with Crippen molar-refractivity contribution in [1.82, 2.24) is 5.32 Å². The number of benzene rings is 1. The van der Waals surface area contributed by atoms with Crippen molar-refractivity contribution in [2.75, 3.05) is 0 Å². The number of hydrogen-bond acceptors (Lipinski definition) is 4. The van der Waals surface area contributed by atoms with Gasteiger partial charge >= 0.3 is 12.1 Å². The number of nitrogens with one attached hydrogen (secondary N) is 1. The number of carbonyl (C=O) groups is 2. The Kier molecular flexibility index (Phi) is 5.52. The topological polar surface area (TPSA) is 64.6 Å². The van der Waals surface area contributed by atoms with Gasteiger partial charge in [0, 0.05) is 19.8 Å². The molecule has 1 aromatic rings. The molecule has 5 nitrogen and oxygen atoms in total. The fourth-order valence-electron chi connectivity index (χ4n) is 2.52. The van der Waals surface area contributed by atoms with Crippen LogP contribution in [-0.2, 0) is 20.9 Å². The molecule has 0 radical (unpaired) electrons. The smallest absolute Gasteiger partial charge is 0.407 e. The van der Waals surface area contributed by atoms with Gasteiger partial charge in [0.05, 0.1) is 6.04 Å². The number of esters is 1. The third kappa shape index (κ3) is 5.50. The van der Waals surface area contributed by atoms with Gasteiger partial charge in [-0.05, 0) is 12.0 Å². The SMILES string of the molecule is CC(=O)O[C@H]1CCC(F)(F)C[C@@H]1NC(=O)OCc1ccccc1. The first-order valence-corrected chi connectivity index (χ1v) is 7.38. The van der Waals surface area contributed by atoms with E-state index in [1.54, 1.807) is 24.3 Å². The molecule has 1 aliphatic carbocycles. The summed E-state index contributed by atoms with van der Waals surface area (Å²) < 4.78 is 37.1. The first-order chi connectivity index (χ1) is 10.9. The molecule has 0 aliphatic heterocycles. The summed E-state index contributed by atoms with van der Waals surface area (Å²) in [6.45, 7) is 1.24. The van der Waals surface area contributed by atoms with E-state index < -0.39 is 36.6 Å². The highest BCUT2D eigenvalue weighted by Crippen LogP contribution is 2.34. The van der Waals surface area contributed by atoms with Crippen LogP contribution in [-0.4, -0.2) is 30.1 Å². The van der Waals surface area contributed by atoms with Crippen molar-refractivity contribution in [2.24, 2.45) is 0 Å². The average Bonchev–Trinajstić information content (AvgIpc) is 2.48. The molecule has 0 saturated heterocycles.